The Morgan fingerprint density at radius 3 is 2.33 bits per heavy atom. The van der Waals surface area contributed by atoms with Gasteiger partial charge in [0.05, 0.1) is 10.8 Å². The number of amides is 2. The number of nitrogens with two attached hydrogens (primary N) is 1. The van der Waals surface area contributed by atoms with Gasteiger partial charge in [0.15, 0.2) is 0 Å². The van der Waals surface area contributed by atoms with Gasteiger partial charge < -0.3 is 10.2 Å². The fraction of sp³-hybridized carbons (Fsp3) is 0.263. The number of carbonyl (C=O) groups is 2. The minimum absolute atomic E-state index is 0.0294. The van der Waals surface area contributed by atoms with Crippen LogP contribution in [0.15, 0.2) is 53.4 Å². The lowest BCUT2D eigenvalue weighted by Gasteiger charge is -2.17. The SMILES string of the molecule is CCc1ccc(N2CC(C(=O)Nc3ccc(S(N)(=O)=O)cc3)CC2=O)cc1. The van der Waals surface area contributed by atoms with E-state index in [0.29, 0.717) is 12.2 Å². The first kappa shape index (κ1) is 19.1. The summed E-state index contributed by atoms with van der Waals surface area (Å²) in [7, 11) is -3.78. The zero-order valence-corrected chi connectivity index (χ0v) is 15.7. The van der Waals surface area contributed by atoms with E-state index >= 15 is 0 Å². The van der Waals surface area contributed by atoms with E-state index in [1.165, 1.54) is 29.8 Å². The Bertz CT molecular complexity index is 953. The van der Waals surface area contributed by atoms with Crippen LogP contribution in [-0.2, 0) is 26.0 Å². The lowest BCUT2D eigenvalue weighted by Crippen LogP contribution is -2.28. The normalized spacial score (nSPS) is 17.2. The molecule has 3 N–H and O–H groups in total. The van der Waals surface area contributed by atoms with E-state index < -0.39 is 15.9 Å². The summed E-state index contributed by atoms with van der Waals surface area (Å²) in [5, 5.41) is 7.77. The van der Waals surface area contributed by atoms with E-state index in [1.807, 2.05) is 24.3 Å². The van der Waals surface area contributed by atoms with Crippen LogP contribution in [0.3, 0.4) is 0 Å². The topological polar surface area (TPSA) is 110 Å². The van der Waals surface area contributed by atoms with Gasteiger partial charge in [-0.1, -0.05) is 19.1 Å². The summed E-state index contributed by atoms with van der Waals surface area (Å²) in [5.74, 6) is -0.843. The van der Waals surface area contributed by atoms with Crippen LogP contribution >= 0.6 is 0 Å². The summed E-state index contributed by atoms with van der Waals surface area (Å²) in [4.78, 5) is 26.4. The van der Waals surface area contributed by atoms with Crippen LogP contribution in [0.2, 0.25) is 0 Å². The third kappa shape index (κ3) is 4.35. The van der Waals surface area contributed by atoms with Gasteiger partial charge >= 0.3 is 0 Å². The molecule has 3 rings (SSSR count). The molecule has 142 valence electrons. The molecule has 1 fully saturated rings. The van der Waals surface area contributed by atoms with Gasteiger partial charge in [-0.2, -0.15) is 0 Å². The third-order valence-corrected chi connectivity index (χ3v) is 5.53. The van der Waals surface area contributed by atoms with E-state index in [4.69, 9.17) is 5.14 Å². The molecule has 1 aliphatic heterocycles. The number of sulfonamides is 1. The predicted octanol–water partition coefficient (Wildman–Crippen LogP) is 1.89. The fourth-order valence-corrected chi connectivity index (χ4v) is 3.53. The molecule has 0 aromatic heterocycles. The van der Waals surface area contributed by atoms with Crippen molar-refractivity contribution in [2.45, 2.75) is 24.7 Å². The average Bonchev–Trinajstić information content (AvgIpc) is 3.03. The van der Waals surface area contributed by atoms with E-state index in [1.54, 1.807) is 4.90 Å². The maximum Gasteiger partial charge on any atom is 0.238 e. The molecule has 0 radical (unpaired) electrons. The third-order valence-electron chi connectivity index (χ3n) is 4.60. The maximum atomic E-state index is 12.5. The zero-order valence-electron chi connectivity index (χ0n) is 14.9. The van der Waals surface area contributed by atoms with Gasteiger partial charge in [-0.05, 0) is 48.4 Å². The Labute approximate surface area is 158 Å². The van der Waals surface area contributed by atoms with Crippen LogP contribution in [0, 0.1) is 5.92 Å². The van der Waals surface area contributed by atoms with Crippen molar-refractivity contribution in [2.24, 2.45) is 11.1 Å². The smallest absolute Gasteiger partial charge is 0.238 e. The number of nitrogens with one attached hydrogen (secondary N) is 1. The number of carbonyl (C=O) groups excluding carboxylic acids is 2. The van der Waals surface area contributed by atoms with Crippen LogP contribution in [0.5, 0.6) is 0 Å². The van der Waals surface area contributed by atoms with Crippen LogP contribution in [0.1, 0.15) is 18.9 Å². The second-order valence-corrected chi connectivity index (χ2v) is 8.05. The van der Waals surface area contributed by atoms with Crippen molar-refractivity contribution < 1.29 is 18.0 Å². The predicted molar refractivity (Wildman–Crippen MR) is 103 cm³/mol. The Morgan fingerprint density at radius 2 is 1.78 bits per heavy atom. The molecule has 2 amide bonds. The molecule has 27 heavy (non-hydrogen) atoms. The average molecular weight is 387 g/mol. The second kappa shape index (κ2) is 7.50. The number of aryl methyl sites for hydroxylation is 1. The lowest BCUT2D eigenvalue weighted by molar-refractivity contribution is -0.122. The first-order valence-electron chi connectivity index (χ1n) is 8.61. The van der Waals surface area contributed by atoms with E-state index in [0.717, 1.165) is 12.1 Å². The highest BCUT2D eigenvalue weighted by Gasteiger charge is 2.35. The molecular weight excluding hydrogens is 366 g/mol. The monoisotopic (exact) mass is 387 g/mol. The van der Waals surface area contributed by atoms with Gasteiger partial charge in [0.25, 0.3) is 0 Å². The van der Waals surface area contributed by atoms with Crippen molar-refractivity contribution in [2.75, 3.05) is 16.8 Å². The molecule has 1 heterocycles. The maximum absolute atomic E-state index is 12.5. The van der Waals surface area contributed by atoms with E-state index in [-0.39, 0.29) is 23.1 Å². The summed E-state index contributed by atoms with van der Waals surface area (Å²) in [5.41, 5.74) is 2.42. The molecule has 2 aromatic carbocycles. The van der Waals surface area contributed by atoms with Gasteiger partial charge in [-0.15, -0.1) is 0 Å². The van der Waals surface area contributed by atoms with Crippen molar-refractivity contribution in [1.82, 2.24) is 0 Å². The van der Waals surface area contributed by atoms with Gasteiger partial charge in [-0.3, -0.25) is 9.59 Å². The van der Waals surface area contributed by atoms with Crippen LogP contribution in [0.4, 0.5) is 11.4 Å². The molecule has 0 spiro atoms. The number of hydrogen-bond acceptors (Lipinski definition) is 4. The van der Waals surface area contributed by atoms with Crippen molar-refractivity contribution in [1.29, 1.82) is 0 Å². The highest BCUT2D eigenvalue weighted by molar-refractivity contribution is 7.89. The Morgan fingerprint density at radius 1 is 1.15 bits per heavy atom. The number of benzene rings is 2. The van der Waals surface area contributed by atoms with Crippen molar-refractivity contribution in [3.63, 3.8) is 0 Å². The Balaban J connectivity index is 1.66. The van der Waals surface area contributed by atoms with Gasteiger partial charge in [0, 0.05) is 24.3 Å². The molecule has 8 heteroatoms. The molecule has 0 bridgehead atoms. The summed E-state index contributed by atoms with van der Waals surface area (Å²) < 4.78 is 22.5. The van der Waals surface area contributed by atoms with Crippen molar-refractivity contribution in [3.05, 3.63) is 54.1 Å². The summed E-state index contributed by atoms with van der Waals surface area (Å²) in [6.07, 6.45) is 1.06. The number of anilines is 2. The molecule has 1 aliphatic rings. The standard InChI is InChI=1S/C19H21N3O4S/c1-2-13-3-7-16(8-4-13)22-12-14(11-18(22)23)19(24)21-15-5-9-17(10-6-15)27(20,25)26/h3-10,14H,2,11-12H2,1H3,(H,21,24)(H2,20,25,26). The first-order chi connectivity index (χ1) is 12.8. The molecule has 1 saturated heterocycles. The summed E-state index contributed by atoms with van der Waals surface area (Å²) >= 11 is 0. The first-order valence-corrected chi connectivity index (χ1v) is 10.2. The number of primary sulfonamides is 1. The van der Waals surface area contributed by atoms with Crippen LogP contribution in [-0.4, -0.2) is 26.8 Å². The fourth-order valence-electron chi connectivity index (χ4n) is 3.02. The lowest BCUT2D eigenvalue weighted by atomic mass is 10.1. The Kier molecular flexibility index (Phi) is 5.29. The molecule has 0 saturated carbocycles. The van der Waals surface area contributed by atoms with E-state index in [9.17, 15) is 18.0 Å². The number of rotatable bonds is 5. The highest BCUT2D eigenvalue weighted by atomic mass is 32.2. The minimum atomic E-state index is -3.78. The number of hydrogen-bond donors (Lipinski definition) is 2. The van der Waals surface area contributed by atoms with Crippen molar-refractivity contribution in [3.8, 4) is 0 Å². The molecule has 7 nitrogen and oxygen atoms in total. The molecule has 1 unspecified atom stereocenters. The summed E-state index contributed by atoms with van der Waals surface area (Å²) in [6.45, 7) is 2.37. The summed E-state index contributed by atoms with van der Waals surface area (Å²) in [6, 6.07) is 13.3. The van der Waals surface area contributed by atoms with Crippen LogP contribution in [0.25, 0.3) is 0 Å². The Hall–Kier alpha value is -2.71. The van der Waals surface area contributed by atoms with Gasteiger partial charge in [-0.25, -0.2) is 13.6 Å². The molecule has 2 aromatic rings. The van der Waals surface area contributed by atoms with Crippen LogP contribution < -0.4 is 15.4 Å². The quantitative estimate of drug-likeness (QED) is 0.816. The highest BCUT2D eigenvalue weighted by Crippen LogP contribution is 2.26. The largest absolute Gasteiger partial charge is 0.326 e. The minimum Gasteiger partial charge on any atom is -0.326 e. The second-order valence-electron chi connectivity index (χ2n) is 6.48. The molecular formula is C19H21N3O4S. The van der Waals surface area contributed by atoms with Crippen molar-refractivity contribution >= 4 is 33.2 Å². The molecule has 0 aliphatic carbocycles. The van der Waals surface area contributed by atoms with Gasteiger partial charge in [0.2, 0.25) is 21.8 Å². The zero-order chi connectivity index (χ0) is 19.6. The van der Waals surface area contributed by atoms with Gasteiger partial charge in [0.1, 0.15) is 0 Å². The molecule has 1 atom stereocenters. The van der Waals surface area contributed by atoms with E-state index in [2.05, 4.69) is 12.2 Å². The number of nitrogens with zero attached hydrogens (tertiary/aromatic N) is 1.